The van der Waals surface area contributed by atoms with Crippen LogP contribution in [0.1, 0.15) is 36.2 Å². The average molecular weight is 262 g/mol. The van der Waals surface area contributed by atoms with Crippen LogP contribution in [-0.2, 0) is 6.18 Å². The Bertz CT molecular complexity index is 401. The summed E-state index contributed by atoms with van der Waals surface area (Å²) in [5, 5.41) is 0.109. The summed E-state index contributed by atoms with van der Waals surface area (Å²) in [5.41, 5.74) is -0.682. The Labute approximate surface area is 102 Å². The molecule has 0 spiro atoms. The second-order valence-corrected chi connectivity index (χ2v) is 5.19. The van der Waals surface area contributed by atoms with Gasteiger partial charge in [-0.2, -0.15) is 13.2 Å². The van der Waals surface area contributed by atoms with Gasteiger partial charge in [-0.3, -0.25) is 4.79 Å². The number of thioether (sulfide) groups is 1. The monoisotopic (exact) mass is 262 g/mol. The predicted molar refractivity (Wildman–Crippen MR) is 62.4 cm³/mol. The minimum atomic E-state index is -4.42. The highest BCUT2D eigenvalue weighted by Gasteiger charge is 2.34. The van der Waals surface area contributed by atoms with Crippen LogP contribution in [0.15, 0.2) is 23.1 Å². The second kappa shape index (κ2) is 5.58. The van der Waals surface area contributed by atoms with Crippen molar-refractivity contribution in [3.63, 3.8) is 0 Å². The molecule has 0 heterocycles. The molecule has 0 aliphatic heterocycles. The van der Waals surface area contributed by atoms with Crippen molar-refractivity contribution in [2.75, 3.05) is 0 Å². The van der Waals surface area contributed by atoms with Crippen LogP contribution in [-0.4, -0.2) is 11.5 Å². The van der Waals surface area contributed by atoms with E-state index in [9.17, 15) is 18.0 Å². The average Bonchev–Trinajstić information content (AvgIpc) is 2.28. The van der Waals surface area contributed by atoms with Crippen LogP contribution < -0.4 is 0 Å². The van der Waals surface area contributed by atoms with Gasteiger partial charge in [0.05, 0.1) is 5.56 Å². The number of hydrogen-bond donors (Lipinski definition) is 0. The third-order valence-corrected chi connectivity index (χ3v) is 3.69. The summed E-state index contributed by atoms with van der Waals surface area (Å²) in [4.78, 5) is 10.7. The van der Waals surface area contributed by atoms with E-state index in [2.05, 4.69) is 0 Å². The highest BCUT2D eigenvalue weighted by molar-refractivity contribution is 8.00. The summed E-state index contributed by atoms with van der Waals surface area (Å²) >= 11 is 1.18. The normalized spacial score (nSPS) is 13.5. The second-order valence-electron chi connectivity index (χ2n) is 3.71. The summed E-state index contributed by atoms with van der Waals surface area (Å²) < 4.78 is 38.4. The highest BCUT2D eigenvalue weighted by Crippen LogP contribution is 2.38. The van der Waals surface area contributed by atoms with Crippen LogP contribution >= 0.6 is 11.8 Å². The first-order valence-corrected chi connectivity index (χ1v) is 6.09. The van der Waals surface area contributed by atoms with Gasteiger partial charge in [0.25, 0.3) is 0 Å². The minimum absolute atomic E-state index is 0.0471. The van der Waals surface area contributed by atoms with Gasteiger partial charge in [0, 0.05) is 15.7 Å². The number of rotatable bonds is 4. The zero-order valence-electron chi connectivity index (χ0n) is 9.54. The van der Waals surface area contributed by atoms with Gasteiger partial charge in [0.2, 0.25) is 0 Å². The van der Waals surface area contributed by atoms with E-state index in [1.54, 1.807) is 0 Å². The van der Waals surface area contributed by atoms with E-state index in [-0.39, 0.29) is 15.7 Å². The van der Waals surface area contributed by atoms with E-state index in [1.807, 2.05) is 13.8 Å². The number of carbonyl (C=O) groups is 1. The van der Waals surface area contributed by atoms with Gasteiger partial charge in [-0.05, 0) is 18.6 Å². The Morgan fingerprint density at radius 2 is 2.06 bits per heavy atom. The number of carbonyl (C=O) groups excluding carboxylic acids is 1. The SMILES string of the molecule is CCC(C)Sc1ccc(C=O)cc1C(F)(F)F. The molecule has 1 rings (SSSR count). The Kier molecular flexibility index (Phi) is 4.62. The van der Waals surface area contributed by atoms with Gasteiger partial charge in [-0.25, -0.2) is 0 Å². The summed E-state index contributed by atoms with van der Waals surface area (Å²) in [6.45, 7) is 3.79. The first-order chi connectivity index (χ1) is 7.88. The van der Waals surface area contributed by atoms with Gasteiger partial charge >= 0.3 is 6.18 Å². The van der Waals surface area contributed by atoms with Crippen LogP contribution in [0.25, 0.3) is 0 Å². The van der Waals surface area contributed by atoms with Crippen molar-refractivity contribution in [2.45, 2.75) is 36.6 Å². The molecule has 0 radical (unpaired) electrons. The summed E-state index contributed by atoms with van der Waals surface area (Å²) in [6.07, 6.45) is -3.21. The van der Waals surface area contributed by atoms with Gasteiger partial charge in [0.15, 0.2) is 0 Å². The Balaban J connectivity index is 3.16. The fourth-order valence-corrected chi connectivity index (χ4v) is 2.29. The molecule has 1 nitrogen and oxygen atoms in total. The topological polar surface area (TPSA) is 17.1 Å². The molecule has 0 bridgehead atoms. The molecule has 0 aromatic heterocycles. The maximum atomic E-state index is 12.8. The zero-order chi connectivity index (χ0) is 13.1. The standard InChI is InChI=1S/C12H13F3OS/c1-3-8(2)17-11-5-4-9(7-16)6-10(11)12(13,14)15/h4-8H,3H2,1-2H3. The molecule has 17 heavy (non-hydrogen) atoms. The number of aldehydes is 1. The van der Waals surface area contributed by atoms with Crippen LogP contribution in [0.2, 0.25) is 0 Å². The predicted octanol–water partition coefficient (Wildman–Crippen LogP) is 4.41. The Morgan fingerprint density at radius 1 is 1.41 bits per heavy atom. The smallest absolute Gasteiger partial charge is 0.298 e. The van der Waals surface area contributed by atoms with E-state index in [1.165, 1.54) is 23.9 Å². The molecular weight excluding hydrogens is 249 g/mol. The van der Waals surface area contributed by atoms with Gasteiger partial charge in [-0.1, -0.05) is 19.9 Å². The molecule has 0 aliphatic rings. The van der Waals surface area contributed by atoms with Gasteiger partial charge in [-0.15, -0.1) is 11.8 Å². The zero-order valence-corrected chi connectivity index (χ0v) is 10.4. The Hall–Kier alpha value is -0.970. The molecule has 1 aromatic carbocycles. The molecule has 1 aromatic rings. The lowest BCUT2D eigenvalue weighted by molar-refractivity contribution is -0.139. The number of halogens is 3. The van der Waals surface area contributed by atoms with Crippen LogP contribution in [0, 0.1) is 0 Å². The largest absolute Gasteiger partial charge is 0.417 e. The van der Waals surface area contributed by atoms with Crippen molar-refractivity contribution in [3.05, 3.63) is 29.3 Å². The van der Waals surface area contributed by atoms with Crippen molar-refractivity contribution >= 4 is 18.0 Å². The lowest BCUT2D eigenvalue weighted by atomic mass is 10.1. The third kappa shape index (κ3) is 3.77. The minimum Gasteiger partial charge on any atom is -0.298 e. The van der Waals surface area contributed by atoms with Crippen LogP contribution in [0.4, 0.5) is 13.2 Å². The van der Waals surface area contributed by atoms with Gasteiger partial charge < -0.3 is 0 Å². The third-order valence-electron chi connectivity index (χ3n) is 2.35. The molecule has 0 amide bonds. The van der Waals surface area contributed by atoms with E-state index >= 15 is 0 Å². The lowest BCUT2D eigenvalue weighted by Crippen LogP contribution is -2.08. The van der Waals surface area contributed by atoms with E-state index in [4.69, 9.17) is 0 Å². The van der Waals surface area contributed by atoms with Crippen molar-refractivity contribution < 1.29 is 18.0 Å². The summed E-state index contributed by atoms with van der Waals surface area (Å²) in [5.74, 6) is 0. The number of hydrogen-bond acceptors (Lipinski definition) is 2. The summed E-state index contributed by atoms with van der Waals surface area (Å²) in [6, 6.07) is 3.67. The molecule has 1 atom stereocenters. The molecule has 0 aliphatic carbocycles. The molecule has 94 valence electrons. The Morgan fingerprint density at radius 3 is 2.53 bits per heavy atom. The van der Waals surface area contributed by atoms with Gasteiger partial charge in [0.1, 0.15) is 6.29 Å². The molecular formula is C12H13F3OS. The first-order valence-electron chi connectivity index (χ1n) is 5.21. The quantitative estimate of drug-likeness (QED) is 0.590. The maximum Gasteiger partial charge on any atom is 0.417 e. The molecule has 0 saturated heterocycles. The van der Waals surface area contributed by atoms with Crippen molar-refractivity contribution in [3.8, 4) is 0 Å². The van der Waals surface area contributed by atoms with E-state index in [0.29, 0.717) is 6.29 Å². The molecule has 1 unspecified atom stereocenters. The molecule has 0 fully saturated rings. The maximum absolute atomic E-state index is 12.8. The fraction of sp³-hybridized carbons (Fsp3) is 0.417. The van der Waals surface area contributed by atoms with E-state index in [0.717, 1.165) is 12.5 Å². The number of alkyl halides is 3. The molecule has 0 saturated carbocycles. The fourth-order valence-electron chi connectivity index (χ4n) is 1.25. The highest BCUT2D eigenvalue weighted by atomic mass is 32.2. The van der Waals surface area contributed by atoms with E-state index < -0.39 is 11.7 Å². The molecule has 5 heteroatoms. The lowest BCUT2D eigenvalue weighted by Gasteiger charge is -2.15. The number of benzene rings is 1. The molecule has 0 N–H and O–H groups in total. The summed E-state index contributed by atoms with van der Waals surface area (Å²) in [7, 11) is 0. The van der Waals surface area contributed by atoms with Crippen molar-refractivity contribution in [1.82, 2.24) is 0 Å². The first kappa shape index (κ1) is 14.1. The van der Waals surface area contributed by atoms with Crippen LogP contribution in [0.3, 0.4) is 0 Å². The van der Waals surface area contributed by atoms with Crippen molar-refractivity contribution in [2.24, 2.45) is 0 Å². The van der Waals surface area contributed by atoms with Crippen LogP contribution in [0.5, 0.6) is 0 Å². The van der Waals surface area contributed by atoms with Crippen molar-refractivity contribution in [1.29, 1.82) is 0 Å².